The minimum Gasteiger partial charge on any atom is -0.478 e. The van der Waals surface area contributed by atoms with Crippen molar-refractivity contribution in [1.82, 2.24) is 44.4 Å². The summed E-state index contributed by atoms with van der Waals surface area (Å²) >= 11 is 0. The molecular weight excluding hydrogens is 2400 g/mol. The van der Waals surface area contributed by atoms with E-state index in [0.29, 0.717) is 35.3 Å². The SMILES string of the molecule is C1=C/CCCCCCCCOc2cccc(n2)OCCCCCCCC/C=C/CCCCCCCCOc2cccc(n2)OCCCCCCCC/C=C/CCCCCCCCOc2cccc(n2)OCCCCCCCC/1.CN(C)Cc1[c-]c(CN(C)C)cc(-c2cc(-c3cc(CN(C)C)[c-]c(CN(C)C)c3)cc(-c3cc(CN(C)C)[c-]c(CN(C)C)c3)c2)c1.F[B-](F)(F)F.F[B-](F)(F)F.F[B-](F)(F)F.[Pt+2].[Pt+2].[Pt+2]. The molecule has 15 nitrogen and oxygen atoms in total. The third-order valence-electron chi connectivity index (χ3n) is 22.5. The largest absolute Gasteiger partial charge is 2.00 e. The number of rotatable bonds is 15. The molecule has 0 aliphatic carbocycles. The van der Waals surface area contributed by atoms with Gasteiger partial charge >= 0.3 is 85.0 Å². The van der Waals surface area contributed by atoms with Crippen molar-refractivity contribution in [3.05, 3.63) is 197 Å². The Morgan fingerprint density at radius 3 is 0.472 bits per heavy atom. The summed E-state index contributed by atoms with van der Waals surface area (Å²) in [7, 11) is 7.46. The van der Waals surface area contributed by atoms with E-state index in [1.54, 1.807) is 0 Å². The molecule has 0 atom stereocenters. The standard InChI is InChI=1S/C69H111N3O6.C42H57N6.3BF4.3Pt/c1-2-8-14-20-26-32-38-44-59-74-65-53-50-55-67(71-65)76-61-46-40-34-28-22-16-10-5-6-12-18-24-30-36-42-48-63-78-69-57-51-56-68(72-69)77-62-47-41-35-29-23-17-11-4-3-9-15-21-27-33-39-45-60-75-66-54-49-52-64(70-66)73-58-43-37-31-25-19-13-7-1;1-43(2)25-31-13-32(26-44(3)4)17-37(16-31)40-22-41(38-18-33(27-45(5)6)14-34(19-38)28-46(7)8)24-42(23-40)39-20-35(29-47(9)10)15-36(21-39)30-48(11)12;3*2-1(3,4)5;;;/h1-6,49-57H,7-48,58-63H2;16-24H,25-30H2,1-12H3;;;;;;/q;-3;3*-1;3*+2/b2-1+,4-3+,6-5+;;;;;;;. The van der Waals surface area contributed by atoms with Crippen LogP contribution in [0.4, 0.5) is 51.8 Å². The Morgan fingerprint density at radius 1 is 0.208 bits per heavy atom. The normalized spacial score (nSPS) is 16.7. The molecule has 0 unspecified atom stereocenters. The Kier molecular flexibility index (Phi) is 78.4. The molecule has 0 spiro atoms. The van der Waals surface area contributed by atoms with Crippen molar-refractivity contribution in [2.24, 2.45) is 0 Å². The summed E-state index contributed by atoms with van der Waals surface area (Å²) < 4.78 is 153. The molecule has 0 saturated carbocycles. The van der Waals surface area contributed by atoms with E-state index in [-0.39, 0.29) is 63.2 Å². The average molecular weight is 2570 g/mol. The number of fused-ring (bicyclic) bond motifs is 6. The number of nitrogens with zero attached hydrogens (tertiary/aromatic N) is 9. The molecule has 144 heavy (non-hydrogen) atoms. The summed E-state index contributed by atoms with van der Waals surface area (Å²) in [5.41, 5.74) is 14.5. The molecule has 1 aliphatic rings. The van der Waals surface area contributed by atoms with Gasteiger partial charge in [-0.2, -0.15) is 69.5 Å². The van der Waals surface area contributed by atoms with Gasteiger partial charge < -0.3 is 110 Å². The molecule has 6 bridgehead atoms. The number of aromatic nitrogens is 3. The summed E-state index contributed by atoms with van der Waals surface area (Å²) in [6.07, 6.45) is 66.5. The van der Waals surface area contributed by atoms with E-state index in [2.05, 4.69) is 238 Å². The second-order valence-electron chi connectivity index (χ2n) is 38.4. The molecule has 0 saturated heterocycles. The topological polar surface area (TPSA) is 113 Å². The molecule has 0 radical (unpaired) electrons. The molecule has 816 valence electrons. The van der Waals surface area contributed by atoms with E-state index in [0.717, 1.165) is 117 Å². The van der Waals surface area contributed by atoms with E-state index in [9.17, 15) is 51.8 Å². The number of ether oxygens (including phenoxy) is 6. The van der Waals surface area contributed by atoms with Crippen LogP contribution in [0.2, 0.25) is 0 Å². The Bertz CT molecular complexity index is 3800. The van der Waals surface area contributed by atoms with Gasteiger partial charge in [-0.3, -0.25) is 0 Å². The number of hydrogen-bond acceptors (Lipinski definition) is 15. The van der Waals surface area contributed by atoms with Crippen LogP contribution in [-0.4, -0.2) is 190 Å². The minimum atomic E-state index is -6.00. The maximum absolute atomic E-state index is 9.75. The summed E-state index contributed by atoms with van der Waals surface area (Å²) in [5.74, 6) is 4.05. The minimum absolute atomic E-state index is 0. The van der Waals surface area contributed by atoms with Gasteiger partial charge in [-0.1, -0.05) is 227 Å². The predicted octanol–water partition coefficient (Wildman–Crippen LogP) is 31.0. The fraction of sp³-hybridized carbons (Fsp3) is 0.595. The smallest absolute Gasteiger partial charge is 0.478 e. The molecule has 33 heteroatoms. The molecular formula is C111H168B3F12N9O6Pt3. The zero-order valence-electron chi connectivity index (χ0n) is 88.2. The second kappa shape index (κ2) is 83.3. The fourth-order valence-corrected chi connectivity index (χ4v) is 16.1. The van der Waals surface area contributed by atoms with Gasteiger partial charge in [-0.25, -0.2) is 0 Å². The van der Waals surface area contributed by atoms with Crippen LogP contribution in [0.3, 0.4) is 0 Å². The average Bonchev–Trinajstić information content (AvgIpc) is 0.781. The number of hydrogen-bond donors (Lipinski definition) is 0. The zero-order chi connectivity index (χ0) is 103. The third kappa shape index (κ3) is 78.7. The molecule has 7 aromatic rings. The molecule has 8 rings (SSSR count). The van der Waals surface area contributed by atoms with Crippen molar-refractivity contribution < 1.29 is 143 Å². The van der Waals surface area contributed by atoms with E-state index in [1.165, 1.54) is 298 Å². The third-order valence-corrected chi connectivity index (χ3v) is 22.5. The number of benzene rings is 4. The molecule has 0 amide bonds. The maximum atomic E-state index is 9.75. The van der Waals surface area contributed by atoms with Crippen molar-refractivity contribution in [2.45, 2.75) is 309 Å². The van der Waals surface area contributed by atoms with Crippen molar-refractivity contribution in [1.29, 1.82) is 0 Å². The molecule has 0 fully saturated rings. The summed E-state index contributed by atoms with van der Waals surface area (Å²) in [4.78, 5) is 27.1. The van der Waals surface area contributed by atoms with Crippen LogP contribution in [0.1, 0.15) is 303 Å². The van der Waals surface area contributed by atoms with E-state index >= 15 is 0 Å². The quantitative estimate of drug-likeness (QED) is 0.0420. The first kappa shape index (κ1) is 136. The van der Waals surface area contributed by atoms with E-state index in [4.69, 9.17) is 28.4 Å². The summed E-state index contributed by atoms with van der Waals surface area (Å²) in [6, 6.07) is 49.8. The fourth-order valence-electron chi connectivity index (χ4n) is 16.1. The van der Waals surface area contributed by atoms with Gasteiger partial charge in [0.05, 0.1) is 39.6 Å². The first-order chi connectivity index (χ1) is 67.5. The van der Waals surface area contributed by atoms with Gasteiger partial charge in [-0.05, 0) is 217 Å². The Labute approximate surface area is 902 Å². The number of halogens is 12. The van der Waals surface area contributed by atoms with Crippen LogP contribution < -0.4 is 28.4 Å². The number of pyridine rings is 3. The maximum Gasteiger partial charge on any atom is 2.00 e. The summed E-state index contributed by atoms with van der Waals surface area (Å²) in [6.45, 7) is 9.35. The van der Waals surface area contributed by atoms with Crippen LogP contribution >= 0.6 is 0 Å². The van der Waals surface area contributed by atoms with Gasteiger partial charge in [0.25, 0.3) is 0 Å². The van der Waals surface area contributed by atoms with Crippen LogP contribution in [0.15, 0.2) is 146 Å². The Hall–Kier alpha value is -6.47. The first-order valence-corrected chi connectivity index (χ1v) is 51.9. The molecule has 4 aromatic carbocycles. The molecule has 1 aliphatic heterocycles. The van der Waals surface area contributed by atoms with Gasteiger partial charge in [0.2, 0.25) is 35.3 Å². The van der Waals surface area contributed by atoms with Crippen molar-refractivity contribution in [2.75, 3.05) is 124 Å². The van der Waals surface area contributed by atoms with Crippen molar-refractivity contribution in [3.8, 4) is 68.7 Å². The van der Waals surface area contributed by atoms with Crippen molar-refractivity contribution >= 4 is 21.8 Å². The number of allylic oxidation sites excluding steroid dienone is 6. The summed E-state index contributed by atoms with van der Waals surface area (Å²) in [5, 5.41) is 0. The second-order valence-corrected chi connectivity index (χ2v) is 38.4. The predicted molar refractivity (Wildman–Crippen MR) is 561 cm³/mol. The molecule has 4 heterocycles. The van der Waals surface area contributed by atoms with E-state index < -0.39 is 21.8 Å². The van der Waals surface area contributed by atoms with Crippen LogP contribution in [-0.2, 0) is 102 Å². The van der Waals surface area contributed by atoms with Gasteiger partial charge in [-0.15, -0.1) is 50.1 Å². The van der Waals surface area contributed by atoms with Crippen LogP contribution in [0.25, 0.3) is 33.4 Å². The first-order valence-electron chi connectivity index (χ1n) is 51.9. The van der Waals surface area contributed by atoms with Gasteiger partial charge in [0, 0.05) is 75.7 Å². The monoisotopic (exact) mass is 2570 g/mol. The molecule has 3 aromatic heterocycles. The van der Waals surface area contributed by atoms with E-state index in [1.807, 2.05) is 54.6 Å². The zero-order valence-corrected chi connectivity index (χ0v) is 95.0. The van der Waals surface area contributed by atoms with Crippen LogP contribution in [0, 0.1) is 18.2 Å². The van der Waals surface area contributed by atoms with Gasteiger partial charge in [0.15, 0.2) is 0 Å². The van der Waals surface area contributed by atoms with Crippen molar-refractivity contribution in [3.63, 3.8) is 0 Å². The Morgan fingerprint density at radius 2 is 0.333 bits per heavy atom. The molecule has 0 N–H and O–H groups in total. The van der Waals surface area contributed by atoms with Crippen LogP contribution in [0.5, 0.6) is 35.3 Å². The Balaban J connectivity index is 0.00000133. The van der Waals surface area contributed by atoms with Gasteiger partial charge in [0.1, 0.15) is 0 Å².